The SMILES string of the molecule is C=CCNC(=O)c1ccnc(Nc2ccccc2OC(C)C)n1. The predicted octanol–water partition coefficient (Wildman–Crippen LogP) is 2.92. The van der Waals surface area contributed by atoms with E-state index in [1.807, 2.05) is 38.1 Å². The van der Waals surface area contributed by atoms with E-state index in [1.54, 1.807) is 12.1 Å². The van der Waals surface area contributed by atoms with Gasteiger partial charge in [0.15, 0.2) is 0 Å². The Labute approximate surface area is 135 Å². The zero-order valence-corrected chi connectivity index (χ0v) is 13.2. The van der Waals surface area contributed by atoms with Crippen molar-refractivity contribution in [1.29, 1.82) is 0 Å². The second-order valence-electron chi connectivity index (χ2n) is 5.05. The maximum Gasteiger partial charge on any atom is 0.270 e. The monoisotopic (exact) mass is 312 g/mol. The lowest BCUT2D eigenvalue weighted by atomic mass is 10.3. The van der Waals surface area contributed by atoms with Gasteiger partial charge in [0.05, 0.1) is 11.8 Å². The van der Waals surface area contributed by atoms with Crippen LogP contribution in [0.15, 0.2) is 49.2 Å². The van der Waals surface area contributed by atoms with Gasteiger partial charge in [-0.05, 0) is 32.0 Å². The molecule has 2 aromatic rings. The van der Waals surface area contributed by atoms with Crippen molar-refractivity contribution in [1.82, 2.24) is 15.3 Å². The predicted molar refractivity (Wildman–Crippen MR) is 90.1 cm³/mol. The molecule has 1 heterocycles. The highest BCUT2D eigenvalue weighted by Gasteiger charge is 2.10. The highest BCUT2D eigenvalue weighted by atomic mass is 16.5. The summed E-state index contributed by atoms with van der Waals surface area (Å²) in [4.78, 5) is 20.3. The third-order valence-corrected chi connectivity index (χ3v) is 2.79. The van der Waals surface area contributed by atoms with Crippen molar-refractivity contribution >= 4 is 17.5 Å². The van der Waals surface area contributed by atoms with E-state index in [1.165, 1.54) is 6.20 Å². The number of para-hydroxylation sites is 2. The van der Waals surface area contributed by atoms with Crippen LogP contribution in [0.4, 0.5) is 11.6 Å². The number of ether oxygens (including phenoxy) is 1. The molecule has 2 rings (SSSR count). The third kappa shape index (κ3) is 4.81. The van der Waals surface area contributed by atoms with Gasteiger partial charge >= 0.3 is 0 Å². The van der Waals surface area contributed by atoms with E-state index in [0.717, 1.165) is 5.69 Å². The third-order valence-electron chi connectivity index (χ3n) is 2.79. The van der Waals surface area contributed by atoms with Crippen molar-refractivity contribution in [3.05, 3.63) is 54.9 Å². The van der Waals surface area contributed by atoms with Crippen LogP contribution in [0.5, 0.6) is 5.75 Å². The van der Waals surface area contributed by atoms with Gasteiger partial charge < -0.3 is 15.4 Å². The van der Waals surface area contributed by atoms with Gasteiger partial charge in [0.2, 0.25) is 5.95 Å². The molecule has 6 heteroatoms. The summed E-state index contributed by atoms with van der Waals surface area (Å²) < 4.78 is 5.74. The summed E-state index contributed by atoms with van der Waals surface area (Å²) in [6.07, 6.45) is 3.19. The van der Waals surface area contributed by atoms with E-state index in [-0.39, 0.29) is 17.7 Å². The first-order valence-electron chi connectivity index (χ1n) is 7.35. The summed E-state index contributed by atoms with van der Waals surface area (Å²) in [6.45, 7) is 7.86. The van der Waals surface area contributed by atoms with Crippen LogP contribution in [0.25, 0.3) is 0 Å². The summed E-state index contributed by atoms with van der Waals surface area (Å²) in [5.41, 5.74) is 1.02. The lowest BCUT2D eigenvalue weighted by Gasteiger charge is -2.14. The molecule has 2 N–H and O–H groups in total. The van der Waals surface area contributed by atoms with E-state index in [2.05, 4.69) is 27.2 Å². The molecule has 0 fully saturated rings. The lowest BCUT2D eigenvalue weighted by Crippen LogP contribution is -2.24. The topological polar surface area (TPSA) is 76.1 Å². The molecule has 0 bridgehead atoms. The zero-order valence-electron chi connectivity index (χ0n) is 13.2. The molecule has 6 nitrogen and oxygen atoms in total. The van der Waals surface area contributed by atoms with E-state index in [0.29, 0.717) is 18.2 Å². The highest BCUT2D eigenvalue weighted by molar-refractivity contribution is 5.92. The van der Waals surface area contributed by atoms with Gasteiger partial charge in [0.25, 0.3) is 5.91 Å². The number of carbonyl (C=O) groups excluding carboxylic acids is 1. The largest absolute Gasteiger partial charge is 0.489 e. The van der Waals surface area contributed by atoms with Crippen molar-refractivity contribution in [2.45, 2.75) is 20.0 Å². The molecule has 0 saturated heterocycles. The maximum absolute atomic E-state index is 11.9. The normalized spacial score (nSPS) is 10.2. The number of amides is 1. The Kier molecular flexibility index (Phi) is 5.68. The van der Waals surface area contributed by atoms with Crippen LogP contribution in [0, 0.1) is 0 Å². The Bertz CT molecular complexity index is 686. The van der Waals surface area contributed by atoms with E-state index < -0.39 is 0 Å². The quantitative estimate of drug-likeness (QED) is 0.769. The first kappa shape index (κ1) is 16.5. The van der Waals surface area contributed by atoms with Crippen LogP contribution in [0.1, 0.15) is 24.3 Å². The second-order valence-corrected chi connectivity index (χ2v) is 5.05. The standard InChI is InChI=1S/C17H20N4O2/c1-4-10-18-16(22)14-9-11-19-17(21-14)20-13-7-5-6-8-15(13)23-12(2)3/h4-9,11-12H,1,10H2,2-3H3,(H,18,22)(H,19,20,21). The molecule has 0 spiro atoms. The van der Waals surface area contributed by atoms with Gasteiger partial charge in [-0.3, -0.25) is 4.79 Å². The van der Waals surface area contributed by atoms with Crippen LogP contribution in [-0.4, -0.2) is 28.5 Å². The van der Waals surface area contributed by atoms with Gasteiger partial charge in [0.1, 0.15) is 11.4 Å². The van der Waals surface area contributed by atoms with Gasteiger partial charge in [-0.15, -0.1) is 6.58 Å². The van der Waals surface area contributed by atoms with Crippen molar-refractivity contribution in [2.75, 3.05) is 11.9 Å². The Morgan fingerprint density at radius 3 is 2.87 bits per heavy atom. The Morgan fingerprint density at radius 2 is 2.13 bits per heavy atom. The molecular formula is C17H20N4O2. The summed E-state index contributed by atoms with van der Waals surface area (Å²) in [7, 11) is 0. The fourth-order valence-electron chi connectivity index (χ4n) is 1.85. The molecule has 0 aliphatic carbocycles. The molecule has 1 aromatic heterocycles. The minimum absolute atomic E-state index is 0.0508. The molecule has 120 valence electrons. The van der Waals surface area contributed by atoms with Crippen molar-refractivity contribution in [3.63, 3.8) is 0 Å². The van der Waals surface area contributed by atoms with Gasteiger partial charge in [0, 0.05) is 12.7 Å². The van der Waals surface area contributed by atoms with Gasteiger partial charge in [-0.25, -0.2) is 9.97 Å². The average Bonchev–Trinajstić information content (AvgIpc) is 2.54. The van der Waals surface area contributed by atoms with Crippen LogP contribution >= 0.6 is 0 Å². The Morgan fingerprint density at radius 1 is 1.35 bits per heavy atom. The number of nitrogens with zero attached hydrogens (tertiary/aromatic N) is 2. The molecule has 0 atom stereocenters. The smallest absolute Gasteiger partial charge is 0.270 e. The molecule has 1 aromatic carbocycles. The number of rotatable bonds is 7. The van der Waals surface area contributed by atoms with Crippen molar-refractivity contribution < 1.29 is 9.53 Å². The number of hydrogen-bond acceptors (Lipinski definition) is 5. The van der Waals surface area contributed by atoms with Gasteiger partial charge in [-0.2, -0.15) is 0 Å². The number of carbonyl (C=O) groups is 1. The number of hydrogen-bond donors (Lipinski definition) is 2. The first-order chi connectivity index (χ1) is 11.1. The van der Waals surface area contributed by atoms with Crippen molar-refractivity contribution in [3.8, 4) is 5.75 Å². The fraction of sp³-hybridized carbons (Fsp3) is 0.235. The van der Waals surface area contributed by atoms with Crippen LogP contribution in [0.2, 0.25) is 0 Å². The van der Waals surface area contributed by atoms with Crippen LogP contribution in [-0.2, 0) is 0 Å². The van der Waals surface area contributed by atoms with E-state index in [4.69, 9.17) is 4.74 Å². The summed E-state index contributed by atoms with van der Waals surface area (Å²) in [5, 5.41) is 5.76. The molecule has 0 saturated carbocycles. The highest BCUT2D eigenvalue weighted by Crippen LogP contribution is 2.26. The number of benzene rings is 1. The Hall–Kier alpha value is -2.89. The van der Waals surface area contributed by atoms with E-state index in [9.17, 15) is 4.79 Å². The maximum atomic E-state index is 11.9. The molecule has 23 heavy (non-hydrogen) atoms. The van der Waals surface area contributed by atoms with Crippen LogP contribution < -0.4 is 15.4 Å². The minimum atomic E-state index is -0.276. The van der Waals surface area contributed by atoms with Crippen LogP contribution in [0.3, 0.4) is 0 Å². The summed E-state index contributed by atoms with van der Waals surface area (Å²) in [6, 6.07) is 9.06. The Balaban J connectivity index is 2.18. The number of aromatic nitrogens is 2. The minimum Gasteiger partial charge on any atom is -0.489 e. The van der Waals surface area contributed by atoms with Crippen molar-refractivity contribution in [2.24, 2.45) is 0 Å². The number of anilines is 2. The number of nitrogens with one attached hydrogen (secondary N) is 2. The molecule has 0 unspecified atom stereocenters. The molecule has 0 aliphatic heterocycles. The van der Waals surface area contributed by atoms with E-state index >= 15 is 0 Å². The molecular weight excluding hydrogens is 292 g/mol. The lowest BCUT2D eigenvalue weighted by molar-refractivity contribution is 0.0953. The zero-order chi connectivity index (χ0) is 16.7. The summed E-state index contributed by atoms with van der Waals surface area (Å²) in [5.74, 6) is 0.755. The molecule has 0 radical (unpaired) electrons. The molecule has 1 amide bonds. The first-order valence-corrected chi connectivity index (χ1v) is 7.35. The fourth-order valence-corrected chi connectivity index (χ4v) is 1.85. The molecule has 0 aliphatic rings. The summed E-state index contributed by atoms with van der Waals surface area (Å²) >= 11 is 0. The average molecular weight is 312 g/mol. The second kappa shape index (κ2) is 7.93. The van der Waals surface area contributed by atoms with Gasteiger partial charge in [-0.1, -0.05) is 18.2 Å².